The van der Waals surface area contributed by atoms with E-state index in [1.165, 1.54) is 10.7 Å². The van der Waals surface area contributed by atoms with E-state index in [4.69, 9.17) is 0 Å². The largest absolute Gasteiger partial charge is 0.481 e. The Morgan fingerprint density at radius 3 is 2.54 bits per heavy atom. The Labute approximate surface area is 161 Å². The first-order chi connectivity index (χ1) is 13.3. The highest BCUT2D eigenvalue weighted by Crippen LogP contribution is 2.29. The average molecular weight is 391 g/mol. The highest BCUT2D eigenvalue weighted by molar-refractivity contribution is 5.94. The molecule has 150 valence electrons. The Hall–Kier alpha value is -2.77. The van der Waals surface area contributed by atoms with E-state index < -0.39 is 28.9 Å². The number of nitrogens with one attached hydrogen (secondary N) is 1. The lowest BCUT2D eigenvalue weighted by atomic mass is 9.82. The molecular formula is C20H23F2N3O3. The van der Waals surface area contributed by atoms with Gasteiger partial charge in [0.15, 0.2) is 17.3 Å². The number of carbonyl (C=O) groups is 2. The number of halogens is 2. The SMILES string of the molecule is CCC(CC)(CNC(=O)c1nn(-c2ccc(F)c(F)c2)c2c1CCC2)C(=O)O. The van der Waals surface area contributed by atoms with Crippen molar-refractivity contribution >= 4 is 11.9 Å². The van der Waals surface area contributed by atoms with Crippen LogP contribution in [0.5, 0.6) is 0 Å². The average Bonchev–Trinajstić information content (AvgIpc) is 3.27. The fourth-order valence-corrected chi connectivity index (χ4v) is 3.66. The van der Waals surface area contributed by atoms with Crippen LogP contribution in [0.4, 0.5) is 8.78 Å². The summed E-state index contributed by atoms with van der Waals surface area (Å²) in [5, 5.41) is 16.6. The van der Waals surface area contributed by atoms with Crippen LogP contribution in [-0.2, 0) is 17.6 Å². The topological polar surface area (TPSA) is 84.2 Å². The molecule has 0 saturated carbocycles. The Balaban J connectivity index is 1.90. The molecule has 0 bridgehead atoms. The molecule has 0 spiro atoms. The number of aliphatic carboxylic acids is 1. The van der Waals surface area contributed by atoms with E-state index in [1.54, 1.807) is 13.8 Å². The van der Waals surface area contributed by atoms with Gasteiger partial charge in [-0.25, -0.2) is 13.5 Å². The molecule has 1 aliphatic rings. The van der Waals surface area contributed by atoms with Gasteiger partial charge in [-0.2, -0.15) is 5.10 Å². The molecule has 0 radical (unpaired) electrons. The van der Waals surface area contributed by atoms with E-state index in [9.17, 15) is 23.5 Å². The van der Waals surface area contributed by atoms with Gasteiger partial charge in [-0.3, -0.25) is 9.59 Å². The van der Waals surface area contributed by atoms with Gasteiger partial charge in [-0.15, -0.1) is 0 Å². The molecule has 0 saturated heterocycles. The fraction of sp³-hybridized carbons (Fsp3) is 0.450. The zero-order valence-corrected chi connectivity index (χ0v) is 15.9. The summed E-state index contributed by atoms with van der Waals surface area (Å²) < 4.78 is 28.4. The van der Waals surface area contributed by atoms with Crippen molar-refractivity contribution in [3.63, 3.8) is 0 Å². The van der Waals surface area contributed by atoms with Crippen LogP contribution in [0.2, 0.25) is 0 Å². The van der Waals surface area contributed by atoms with E-state index in [1.807, 2.05) is 0 Å². The first kappa shape index (κ1) is 20.0. The number of amides is 1. The zero-order chi connectivity index (χ0) is 20.5. The van der Waals surface area contributed by atoms with Crippen molar-refractivity contribution in [3.8, 4) is 5.69 Å². The first-order valence-corrected chi connectivity index (χ1v) is 9.40. The first-order valence-electron chi connectivity index (χ1n) is 9.40. The molecule has 2 N–H and O–H groups in total. The number of nitrogens with zero attached hydrogens (tertiary/aromatic N) is 2. The van der Waals surface area contributed by atoms with Gasteiger partial charge in [-0.05, 0) is 44.2 Å². The fourth-order valence-electron chi connectivity index (χ4n) is 3.66. The van der Waals surface area contributed by atoms with Crippen LogP contribution in [-0.4, -0.2) is 33.3 Å². The van der Waals surface area contributed by atoms with Gasteiger partial charge in [0.05, 0.1) is 11.1 Å². The minimum Gasteiger partial charge on any atom is -0.481 e. The summed E-state index contributed by atoms with van der Waals surface area (Å²) in [6.45, 7) is 3.56. The summed E-state index contributed by atoms with van der Waals surface area (Å²) in [5.74, 6) is -3.33. The molecule has 6 nitrogen and oxygen atoms in total. The second kappa shape index (κ2) is 7.69. The highest BCUT2D eigenvalue weighted by atomic mass is 19.2. The molecule has 1 amide bonds. The molecule has 3 rings (SSSR count). The van der Waals surface area contributed by atoms with E-state index >= 15 is 0 Å². The second-order valence-corrected chi connectivity index (χ2v) is 7.11. The summed E-state index contributed by atoms with van der Waals surface area (Å²) >= 11 is 0. The predicted octanol–water partition coefficient (Wildman–Crippen LogP) is 3.26. The summed E-state index contributed by atoms with van der Waals surface area (Å²) in [4.78, 5) is 24.4. The monoisotopic (exact) mass is 391 g/mol. The van der Waals surface area contributed by atoms with Crippen molar-refractivity contribution in [2.75, 3.05) is 6.54 Å². The highest BCUT2D eigenvalue weighted by Gasteiger charge is 2.36. The Morgan fingerprint density at radius 1 is 1.21 bits per heavy atom. The Morgan fingerprint density at radius 2 is 1.93 bits per heavy atom. The molecular weight excluding hydrogens is 368 g/mol. The third-order valence-corrected chi connectivity index (χ3v) is 5.69. The maximum Gasteiger partial charge on any atom is 0.311 e. The third kappa shape index (κ3) is 3.39. The van der Waals surface area contributed by atoms with Crippen LogP contribution in [0.3, 0.4) is 0 Å². The van der Waals surface area contributed by atoms with Crippen molar-refractivity contribution in [3.05, 3.63) is 46.8 Å². The molecule has 0 aliphatic heterocycles. The zero-order valence-electron chi connectivity index (χ0n) is 15.9. The number of hydrogen-bond acceptors (Lipinski definition) is 3. The molecule has 2 aromatic rings. The van der Waals surface area contributed by atoms with Crippen molar-refractivity contribution in [2.45, 2.75) is 46.0 Å². The molecule has 28 heavy (non-hydrogen) atoms. The van der Waals surface area contributed by atoms with Gasteiger partial charge in [0.2, 0.25) is 0 Å². The van der Waals surface area contributed by atoms with E-state index in [-0.39, 0.29) is 12.2 Å². The van der Waals surface area contributed by atoms with Crippen LogP contribution in [0.1, 0.15) is 54.9 Å². The van der Waals surface area contributed by atoms with Gasteiger partial charge in [0.25, 0.3) is 5.91 Å². The minimum absolute atomic E-state index is 0.000969. The standard InChI is InChI=1S/C20H23F2N3O3/c1-3-20(4-2,19(27)28)11-23-18(26)17-13-6-5-7-16(13)25(24-17)12-8-9-14(21)15(22)10-12/h8-10H,3-7,11H2,1-2H3,(H,23,26)(H,27,28). The van der Waals surface area contributed by atoms with Crippen LogP contribution >= 0.6 is 0 Å². The van der Waals surface area contributed by atoms with Crippen LogP contribution in [0, 0.1) is 17.0 Å². The van der Waals surface area contributed by atoms with Gasteiger partial charge >= 0.3 is 5.97 Å². The molecule has 8 heteroatoms. The number of rotatable bonds is 7. The summed E-state index contributed by atoms with van der Waals surface area (Å²) in [6.07, 6.45) is 2.95. The van der Waals surface area contributed by atoms with Crippen molar-refractivity contribution in [1.29, 1.82) is 0 Å². The molecule has 1 heterocycles. The number of carboxylic acid groups (broad SMARTS) is 1. The lowest BCUT2D eigenvalue weighted by Crippen LogP contribution is -2.42. The smallest absolute Gasteiger partial charge is 0.311 e. The lowest BCUT2D eigenvalue weighted by molar-refractivity contribution is -0.149. The molecule has 0 fully saturated rings. The number of aromatic nitrogens is 2. The van der Waals surface area contributed by atoms with Gasteiger partial charge < -0.3 is 10.4 Å². The van der Waals surface area contributed by atoms with E-state index in [2.05, 4.69) is 10.4 Å². The molecule has 1 aliphatic carbocycles. The Kier molecular flexibility index (Phi) is 5.49. The van der Waals surface area contributed by atoms with Crippen molar-refractivity contribution in [1.82, 2.24) is 15.1 Å². The molecule has 0 unspecified atom stereocenters. The van der Waals surface area contributed by atoms with Crippen LogP contribution in [0.15, 0.2) is 18.2 Å². The van der Waals surface area contributed by atoms with Crippen LogP contribution in [0.25, 0.3) is 5.69 Å². The van der Waals surface area contributed by atoms with E-state index in [0.29, 0.717) is 31.4 Å². The maximum atomic E-state index is 13.6. The van der Waals surface area contributed by atoms with E-state index in [0.717, 1.165) is 29.8 Å². The minimum atomic E-state index is -1.03. The second-order valence-electron chi connectivity index (χ2n) is 7.11. The van der Waals surface area contributed by atoms with Gasteiger partial charge in [0.1, 0.15) is 0 Å². The third-order valence-electron chi connectivity index (χ3n) is 5.69. The Bertz CT molecular complexity index is 920. The number of fused-ring (bicyclic) bond motifs is 1. The molecule has 0 atom stereocenters. The summed E-state index contributed by atoms with van der Waals surface area (Å²) in [5.41, 5.74) is 1.10. The van der Waals surface area contributed by atoms with Crippen LogP contribution < -0.4 is 5.32 Å². The number of carbonyl (C=O) groups excluding carboxylic acids is 1. The summed E-state index contributed by atoms with van der Waals surface area (Å²) in [6, 6.07) is 3.48. The quantitative estimate of drug-likeness (QED) is 0.759. The van der Waals surface area contributed by atoms with Gasteiger partial charge in [0, 0.05) is 23.9 Å². The number of hydrogen-bond donors (Lipinski definition) is 2. The lowest BCUT2D eigenvalue weighted by Gasteiger charge is -2.26. The number of benzene rings is 1. The number of carboxylic acids is 1. The normalized spacial score (nSPS) is 13.4. The summed E-state index contributed by atoms with van der Waals surface area (Å²) in [7, 11) is 0. The van der Waals surface area contributed by atoms with Gasteiger partial charge in [-0.1, -0.05) is 13.8 Å². The predicted molar refractivity (Wildman–Crippen MR) is 98.5 cm³/mol. The molecule has 1 aromatic heterocycles. The molecule has 1 aromatic carbocycles. The maximum absolute atomic E-state index is 13.6. The van der Waals surface area contributed by atoms with Crippen molar-refractivity contribution in [2.24, 2.45) is 5.41 Å². The van der Waals surface area contributed by atoms with Crippen molar-refractivity contribution < 1.29 is 23.5 Å².